The number of fused-ring (bicyclic) bond motifs is 1. The van der Waals surface area contributed by atoms with Gasteiger partial charge in [0.05, 0.1) is 12.0 Å². The molecule has 7 nitrogen and oxygen atoms in total. The van der Waals surface area contributed by atoms with Gasteiger partial charge in [-0.25, -0.2) is 15.0 Å². The van der Waals surface area contributed by atoms with Gasteiger partial charge in [0, 0.05) is 6.54 Å². The fourth-order valence-electron chi connectivity index (χ4n) is 1.58. The molecule has 3 aromatic heterocycles. The number of hydrogen-bond acceptors (Lipinski definition) is 7. The normalized spacial score (nSPS) is 11.1. The number of nitrogens with zero attached hydrogens (tertiary/aromatic N) is 4. The molecule has 19 heavy (non-hydrogen) atoms. The summed E-state index contributed by atoms with van der Waals surface area (Å²) in [7, 11) is 0. The Morgan fingerprint density at radius 2 is 2.26 bits per heavy atom. The van der Waals surface area contributed by atoms with Gasteiger partial charge in [-0.05, 0) is 25.6 Å². The molecule has 0 aromatic carbocycles. The second kappa shape index (κ2) is 4.88. The Morgan fingerprint density at radius 1 is 1.37 bits per heavy atom. The van der Waals surface area contributed by atoms with Crippen LogP contribution < -0.4 is 5.32 Å². The molecule has 8 heteroatoms. The van der Waals surface area contributed by atoms with E-state index in [1.54, 1.807) is 12.6 Å². The Kier molecular flexibility index (Phi) is 3.08. The highest BCUT2D eigenvalue weighted by molar-refractivity contribution is 7.99. The second-order valence-electron chi connectivity index (χ2n) is 3.84. The van der Waals surface area contributed by atoms with E-state index in [1.165, 1.54) is 11.8 Å². The van der Waals surface area contributed by atoms with Crippen LogP contribution in [0.4, 0.5) is 5.95 Å². The minimum Gasteiger partial charge on any atom is -0.439 e. The molecule has 3 aromatic rings. The maximum Gasteiger partial charge on any atom is 0.262 e. The van der Waals surface area contributed by atoms with E-state index in [0.717, 1.165) is 22.8 Å². The Balaban J connectivity index is 2.02. The van der Waals surface area contributed by atoms with Gasteiger partial charge >= 0.3 is 0 Å². The average Bonchev–Trinajstić information content (AvgIpc) is 2.99. The van der Waals surface area contributed by atoms with Crippen molar-refractivity contribution in [2.45, 2.75) is 24.1 Å². The van der Waals surface area contributed by atoms with Gasteiger partial charge in [0.15, 0.2) is 5.65 Å². The summed E-state index contributed by atoms with van der Waals surface area (Å²) in [5, 5.41) is 4.37. The quantitative estimate of drug-likeness (QED) is 0.706. The predicted molar refractivity (Wildman–Crippen MR) is 71.2 cm³/mol. The topological polar surface area (TPSA) is 92.5 Å². The van der Waals surface area contributed by atoms with Crippen molar-refractivity contribution in [3.63, 3.8) is 0 Å². The first-order chi connectivity index (χ1) is 9.26. The third-order valence-corrected chi connectivity index (χ3v) is 3.22. The second-order valence-corrected chi connectivity index (χ2v) is 4.78. The van der Waals surface area contributed by atoms with Gasteiger partial charge in [-0.1, -0.05) is 0 Å². The van der Waals surface area contributed by atoms with Crippen LogP contribution in [0.3, 0.4) is 0 Å². The number of nitrogens with one attached hydrogen (secondary N) is 2. The smallest absolute Gasteiger partial charge is 0.262 e. The van der Waals surface area contributed by atoms with Gasteiger partial charge in [-0.15, -0.1) is 0 Å². The molecule has 2 N–H and O–H groups in total. The molecule has 3 rings (SSSR count). The highest BCUT2D eigenvalue weighted by Crippen LogP contribution is 2.30. The Hall–Kier alpha value is -2.09. The van der Waals surface area contributed by atoms with Crippen molar-refractivity contribution in [3.05, 3.63) is 18.3 Å². The van der Waals surface area contributed by atoms with Crippen LogP contribution in [0.15, 0.2) is 27.3 Å². The fourth-order valence-corrected chi connectivity index (χ4v) is 2.42. The summed E-state index contributed by atoms with van der Waals surface area (Å²) in [5.74, 6) is 0.549. The summed E-state index contributed by atoms with van der Waals surface area (Å²) in [4.78, 5) is 20.2. The lowest BCUT2D eigenvalue weighted by Crippen LogP contribution is -2.03. The predicted octanol–water partition coefficient (Wildman–Crippen LogP) is 2.23. The molecule has 0 aliphatic carbocycles. The van der Waals surface area contributed by atoms with E-state index in [2.05, 4.69) is 30.2 Å². The first kappa shape index (κ1) is 12.0. The number of imidazole rings is 1. The SMILES string of the molecule is CCNc1nc(Sc2nc(C)co2)c2[nH]cnc2n1. The van der Waals surface area contributed by atoms with Crippen molar-refractivity contribution in [1.82, 2.24) is 24.9 Å². The minimum absolute atomic E-state index is 0.549. The van der Waals surface area contributed by atoms with E-state index in [-0.39, 0.29) is 0 Å². The van der Waals surface area contributed by atoms with Gasteiger partial charge in [0.1, 0.15) is 16.8 Å². The summed E-state index contributed by atoms with van der Waals surface area (Å²) in [6, 6.07) is 0. The molecule has 0 atom stereocenters. The highest BCUT2D eigenvalue weighted by Gasteiger charge is 2.13. The van der Waals surface area contributed by atoms with Crippen molar-refractivity contribution in [1.29, 1.82) is 0 Å². The van der Waals surface area contributed by atoms with E-state index in [9.17, 15) is 0 Å². The summed E-state index contributed by atoms with van der Waals surface area (Å²) >= 11 is 1.34. The molecule has 0 radical (unpaired) electrons. The third-order valence-electron chi connectivity index (χ3n) is 2.37. The zero-order valence-corrected chi connectivity index (χ0v) is 11.3. The molecule has 0 saturated heterocycles. The van der Waals surface area contributed by atoms with E-state index in [1.807, 2.05) is 13.8 Å². The van der Waals surface area contributed by atoms with Crippen molar-refractivity contribution < 1.29 is 4.42 Å². The van der Waals surface area contributed by atoms with Crippen molar-refractivity contribution in [2.75, 3.05) is 11.9 Å². The van der Waals surface area contributed by atoms with Crippen LogP contribution in [0.5, 0.6) is 0 Å². The molecule has 0 bridgehead atoms. The fraction of sp³-hybridized carbons (Fsp3) is 0.273. The van der Waals surface area contributed by atoms with Crippen LogP contribution >= 0.6 is 11.8 Å². The van der Waals surface area contributed by atoms with Gasteiger partial charge < -0.3 is 14.7 Å². The van der Waals surface area contributed by atoms with Gasteiger partial charge in [-0.3, -0.25) is 0 Å². The number of aromatic amines is 1. The molecule has 0 saturated carbocycles. The maximum absolute atomic E-state index is 5.33. The number of H-pyrrole nitrogens is 1. The Bertz CT molecular complexity index is 706. The van der Waals surface area contributed by atoms with Crippen molar-refractivity contribution in [2.24, 2.45) is 0 Å². The maximum atomic E-state index is 5.33. The standard InChI is InChI=1S/C11H12N6OS/c1-3-12-10-16-8-7(13-5-14-8)9(17-10)19-11-15-6(2)4-18-11/h4-5H,3H2,1-2H3,(H2,12,13,14,16,17). The number of rotatable bonds is 4. The van der Waals surface area contributed by atoms with E-state index < -0.39 is 0 Å². The number of oxazole rings is 1. The number of anilines is 1. The molecule has 0 spiro atoms. The molecule has 98 valence electrons. The molecular formula is C11H12N6OS. The highest BCUT2D eigenvalue weighted by atomic mass is 32.2. The molecule has 0 unspecified atom stereocenters. The molecule has 0 fully saturated rings. The lowest BCUT2D eigenvalue weighted by molar-refractivity contribution is 0.454. The van der Waals surface area contributed by atoms with Crippen LogP contribution in [0.1, 0.15) is 12.6 Å². The molecular weight excluding hydrogens is 264 g/mol. The van der Waals surface area contributed by atoms with Crippen LogP contribution in [-0.4, -0.2) is 31.5 Å². The van der Waals surface area contributed by atoms with E-state index in [4.69, 9.17) is 4.42 Å². The molecule has 0 aliphatic heterocycles. The first-order valence-corrected chi connectivity index (χ1v) is 6.63. The monoisotopic (exact) mass is 276 g/mol. The van der Waals surface area contributed by atoms with Crippen LogP contribution in [-0.2, 0) is 0 Å². The van der Waals surface area contributed by atoms with Crippen molar-refractivity contribution >= 4 is 28.9 Å². The van der Waals surface area contributed by atoms with Crippen LogP contribution in [0.25, 0.3) is 11.2 Å². The summed E-state index contributed by atoms with van der Waals surface area (Å²) < 4.78 is 5.33. The minimum atomic E-state index is 0.549. The number of hydrogen-bond donors (Lipinski definition) is 2. The third kappa shape index (κ3) is 2.39. The number of aromatic nitrogens is 5. The van der Waals surface area contributed by atoms with Gasteiger partial charge in [0.2, 0.25) is 5.95 Å². The lowest BCUT2D eigenvalue weighted by Gasteiger charge is -2.03. The van der Waals surface area contributed by atoms with Crippen LogP contribution in [0, 0.1) is 6.92 Å². The largest absolute Gasteiger partial charge is 0.439 e. The lowest BCUT2D eigenvalue weighted by atomic mass is 10.5. The molecule has 0 aliphatic rings. The average molecular weight is 276 g/mol. The van der Waals surface area contributed by atoms with Crippen LogP contribution in [0.2, 0.25) is 0 Å². The van der Waals surface area contributed by atoms with E-state index >= 15 is 0 Å². The van der Waals surface area contributed by atoms with Gasteiger partial charge in [0.25, 0.3) is 5.22 Å². The first-order valence-electron chi connectivity index (χ1n) is 5.81. The van der Waals surface area contributed by atoms with E-state index in [0.29, 0.717) is 16.8 Å². The van der Waals surface area contributed by atoms with Crippen molar-refractivity contribution in [3.8, 4) is 0 Å². The Morgan fingerprint density at radius 3 is 3.00 bits per heavy atom. The zero-order chi connectivity index (χ0) is 13.2. The summed E-state index contributed by atoms with van der Waals surface area (Å²) in [6.45, 7) is 4.61. The Labute approximate surface area is 113 Å². The summed E-state index contributed by atoms with van der Waals surface area (Å²) in [6.07, 6.45) is 3.21. The number of aryl methyl sites for hydroxylation is 1. The molecule has 0 amide bonds. The molecule has 3 heterocycles. The zero-order valence-electron chi connectivity index (χ0n) is 10.5. The summed E-state index contributed by atoms with van der Waals surface area (Å²) in [5.41, 5.74) is 2.24. The van der Waals surface area contributed by atoms with Gasteiger partial charge in [-0.2, -0.15) is 4.98 Å².